The third-order valence-corrected chi connectivity index (χ3v) is 5.28. The quantitative estimate of drug-likeness (QED) is 0.636. The molecule has 2 atom stereocenters. The van der Waals surface area contributed by atoms with Crippen LogP contribution in [0, 0.1) is 11.8 Å². The van der Waals surface area contributed by atoms with Crippen molar-refractivity contribution in [3.63, 3.8) is 0 Å². The van der Waals surface area contributed by atoms with Crippen LogP contribution in [0.25, 0.3) is 0 Å². The number of hydrogen-bond donors (Lipinski definition) is 2. The summed E-state index contributed by atoms with van der Waals surface area (Å²) in [7, 11) is 0. The number of aromatic nitrogens is 1. The number of rotatable bonds is 9. The number of phenols is 1. The molecule has 0 spiro atoms. The monoisotopic (exact) mass is 397 g/mol. The van der Waals surface area contributed by atoms with Gasteiger partial charge in [-0.25, -0.2) is 0 Å². The highest BCUT2D eigenvalue weighted by Gasteiger charge is 2.32. The molecule has 1 amide bonds. The number of nitrogens with one attached hydrogen (secondary N) is 1. The first kappa shape index (κ1) is 21.1. The topological polar surface area (TPSA) is 74.7 Å². The summed E-state index contributed by atoms with van der Waals surface area (Å²) in [4.78, 5) is 19.1. The van der Waals surface area contributed by atoms with Crippen LogP contribution in [0.3, 0.4) is 0 Å². The number of likely N-dealkylation sites (tertiary alicyclic amines) is 1. The van der Waals surface area contributed by atoms with E-state index in [0.29, 0.717) is 6.61 Å². The molecule has 1 aromatic carbocycles. The van der Waals surface area contributed by atoms with E-state index in [9.17, 15) is 9.90 Å². The zero-order valence-electron chi connectivity index (χ0n) is 17.1. The van der Waals surface area contributed by atoms with Crippen molar-refractivity contribution >= 4 is 5.91 Å². The second kappa shape index (κ2) is 10.8. The largest absolute Gasteiger partial charge is 0.508 e. The van der Waals surface area contributed by atoms with Crippen LogP contribution in [0.15, 0.2) is 48.8 Å². The first-order valence-corrected chi connectivity index (χ1v) is 10.4. The van der Waals surface area contributed by atoms with Gasteiger partial charge in [0.05, 0.1) is 18.7 Å². The number of ether oxygens (including phenoxy) is 1. The van der Waals surface area contributed by atoms with E-state index in [-0.39, 0.29) is 23.5 Å². The van der Waals surface area contributed by atoms with E-state index in [4.69, 9.17) is 4.74 Å². The Morgan fingerprint density at radius 3 is 2.83 bits per heavy atom. The van der Waals surface area contributed by atoms with E-state index in [2.05, 4.69) is 22.1 Å². The third kappa shape index (κ3) is 6.75. The molecule has 0 aliphatic carbocycles. The highest BCUT2D eigenvalue weighted by Crippen LogP contribution is 2.25. The fourth-order valence-corrected chi connectivity index (χ4v) is 3.78. The molecule has 1 aromatic heterocycles. The van der Waals surface area contributed by atoms with E-state index < -0.39 is 0 Å². The molecule has 1 aliphatic heterocycles. The smallest absolute Gasteiger partial charge is 0.224 e. The Morgan fingerprint density at radius 2 is 2.10 bits per heavy atom. The lowest BCUT2D eigenvalue weighted by Gasteiger charge is -2.37. The van der Waals surface area contributed by atoms with Gasteiger partial charge in [-0.3, -0.25) is 14.7 Å². The number of benzene rings is 1. The molecule has 1 aliphatic rings. The van der Waals surface area contributed by atoms with Crippen molar-refractivity contribution in [3.05, 3.63) is 54.4 Å². The van der Waals surface area contributed by atoms with Crippen LogP contribution in [0.2, 0.25) is 0 Å². The second-order valence-corrected chi connectivity index (χ2v) is 7.80. The Balaban J connectivity index is 1.63. The van der Waals surface area contributed by atoms with Crippen LogP contribution in [0.5, 0.6) is 11.5 Å². The normalized spacial score (nSPS) is 19.6. The lowest BCUT2D eigenvalue weighted by molar-refractivity contribution is -0.127. The molecular formula is C23H31N3O3. The Kier molecular flexibility index (Phi) is 7.87. The molecule has 0 radical (unpaired) electrons. The molecule has 3 rings (SSSR count). The Hall–Kier alpha value is -2.60. The van der Waals surface area contributed by atoms with Crippen molar-refractivity contribution in [2.75, 3.05) is 26.2 Å². The first-order valence-electron chi connectivity index (χ1n) is 10.4. The minimum Gasteiger partial charge on any atom is -0.508 e. The van der Waals surface area contributed by atoms with Crippen molar-refractivity contribution in [3.8, 4) is 11.5 Å². The summed E-state index contributed by atoms with van der Waals surface area (Å²) in [5.41, 5.74) is 1.13. The first-order chi connectivity index (χ1) is 14.1. The number of pyridine rings is 1. The van der Waals surface area contributed by atoms with Crippen LogP contribution in [-0.4, -0.2) is 47.1 Å². The molecule has 6 nitrogen and oxygen atoms in total. The predicted octanol–water partition coefficient (Wildman–Crippen LogP) is 3.22. The van der Waals surface area contributed by atoms with Gasteiger partial charge in [0.2, 0.25) is 5.91 Å². The SMILES string of the molecule is CCCCNC(=O)[C@@H]1C[C@H](COc2cccnc2)CN(Cc2ccc(O)cc2)C1. The van der Waals surface area contributed by atoms with Gasteiger partial charge in [0.15, 0.2) is 0 Å². The molecule has 6 heteroatoms. The van der Waals surface area contributed by atoms with Crippen molar-refractivity contribution in [1.82, 2.24) is 15.2 Å². The minimum atomic E-state index is -0.0415. The molecule has 156 valence electrons. The summed E-state index contributed by atoms with van der Waals surface area (Å²) >= 11 is 0. The van der Waals surface area contributed by atoms with Crippen LogP contribution in [-0.2, 0) is 11.3 Å². The van der Waals surface area contributed by atoms with Crippen LogP contribution in [0.1, 0.15) is 31.7 Å². The van der Waals surface area contributed by atoms with Crippen molar-refractivity contribution in [1.29, 1.82) is 0 Å². The maximum atomic E-state index is 12.7. The number of aromatic hydroxyl groups is 1. The third-order valence-electron chi connectivity index (χ3n) is 5.28. The zero-order chi connectivity index (χ0) is 20.5. The summed E-state index contributed by atoms with van der Waals surface area (Å²) in [6.45, 7) is 5.79. The molecule has 0 unspecified atom stereocenters. The lowest BCUT2D eigenvalue weighted by atomic mass is 9.88. The van der Waals surface area contributed by atoms with E-state index >= 15 is 0 Å². The summed E-state index contributed by atoms with van der Waals surface area (Å²) in [6.07, 6.45) is 6.34. The van der Waals surface area contributed by atoms with E-state index in [1.54, 1.807) is 24.5 Å². The summed E-state index contributed by atoms with van der Waals surface area (Å²) < 4.78 is 5.93. The second-order valence-electron chi connectivity index (χ2n) is 7.80. The highest BCUT2D eigenvalue weighted by molar-refractivity contribution is 5.79. The lowest BCUT2D eigenvalue weighted by Crippen LogP contribution is -2.47. The number of hydrogen-bond acceptors (Lipinski definition) is 5. The van der Waals surface area contributed by atoms with Gasteiger partial charge < -0.3 is 15.2 Å². The maximum absolute atomic E-state index is 12.7. The molecule has 2 heterocycles. The predicted molar refractivity (Wildman–Crippen MR) is 113 cm³/mol. The number of carbonyl (C=O) groups excluding carboxylic acids is 1. The van der Waals surface area contributed by atoms with Gasteiger partial charge in [0, 0.05) is 38.3 Å². The summed E-state index contributed by atoms with van der Waals surface area (Å²) in [5.74, 6) is 1.39. The van der Waals surface area contributed by atoms with Crippen molar-refractivity contribution in [2.45, 2.75) is 32.7 Å². The van der Waals surface area contributed by atoms with Crippen LogP contribution >= 0.6 is 0 Å². The summed E-state index contributed by atoms with van der Waals surface area (Å²) in [5, 5.41) is 12.6. The van der Waals surface area contributed by atoms with Gasteiger partial charge in [-0.1, -0.05) is 25.5 Å². The molecule has 2 aromatic rings. The van der Waals surface area contributed by atoms with Gasteiger partial charge in [-0.15, -0.1) is 0 Å². The van der Waals surface area contributed by atoms with Gasteiger partial charge in [0.25, 0.3) is 0 Å². The van der Waals surface area contributed by atoms with E-state index in [1.807, 2.05) is 24.3 Å². The number of piperidine rings is 1. The van der Waals surface area contributed by atoms with Gasteiger partial charge in [0.1, 0.15) is 11.5 Å². The summed E-state index contributed by atoms with van der Waals surface area (Å²) in [6, 6.07) is 11.0. The molecule has 1 fully saturated rings. The fourth-order valence-electron chi connectivity index (χ4n) is 3.78. The number of amides is 1. The molecule has 1 saturated heterocycles. The van der Waals surface area contributed by atoms with Crippen LogP contribution < -0.4 is 10.1 Å². The molecule has 29 heavy (non-hydrogen) atoms. The zero-order valence-corrected chi connectivity index (χ0v) is 17.1. The van der Waals surface area contributed by atoms with Crippen molar-refractivity contribution in [2.24, 2.45) is 11.8 Å². The van der Waals surface area contributed by atoms with Gasteiger partial charge in [-0.2, -0.15) is 0 Å². The highest BCUT2D eigenvalue weighted by atomic mass is 16.5. The molecule has 0 saturated carbocycles. The van der Waals surface area contributed by atoms with E-state index in [0.717, 1.165) is 56.8 Å². The van der Waals surface area contributed by atoms with Crippen molar-refractivity contribution < 1.29 is 14.6 Å². The number of carbonyl (C=O) groups is 1. The number of phenolic OH excluding ortho intramolecular Hbond substituents is 1. The molecule has 0 bridgehead atoms. The minimum absolute atomic E-state index is 0.0415. The Bertz CT molecular complexity index is 752. The number of unbranched alkanes of at least 4 members (excludes halogenated alkanes) is 1. The number of nitrogens with zero attached hydrogens (tertiary/aromatic N) is 2. The average molecular weight is 398 g/mol. The van der Waals surface area contributed by atoms with Crippen LogP contribution in [0.4, 0.5) is 0 Å². The maximum Gasteiger partial charge on any atom is 0.224 e. The molecule has 2 N–H and O–H groups in total. The standard InChI is InChI=1S/C23H31N3O3/c1-2-3-11-25-23(28)20-12-19(17-29-22-5-4-10-24-13-22)15-26(16-20)14-18-6-8-21(27)9-7-18/h4-10,13,19-20,27H,2-3,11-12,14-17H2,1H3,(H,25,28)/t19-,20+/m0/s1. The Morgan fingerprint density at radius 1 is 1.28 bits per heavy atom. The average Bonchev–Trinajstić information content (AvgIpc) is 2.74. The Labute approximate surface area is 172 Å². The van der Waals surface area contributed by atoms with E-state index in [1.165, 1.54) is 0 Å². The molecular weight excluding hydrogens is 366 g/mol. The van der Waals surface area contributed by atoms with Gasteiger partial charge >= 0.3 is 0 Å². The van der Waals surface area contributed by atoms with Gasteiger partial charge in [-0.05, 0) is 42.7 Å². The fraction of sp³-hybridized carbons (Fsp3) is 0.478.